The molecule has 0 N–H and O–H groups in total. The third-order valence-electron chi connectivity index (χ3n) is 4.34. The van der Waals surface area contributed by atoms with E-state index in [0.717, 1.165) is 27.8 Å². The maximum Gasteiger partial charge on any atom is 0.336 e. The first-order chi connectivity index (χ1) is 13.0. The Kier molecular flexibility index (Phi) is 5.41. The van der Waals surface area contributed by atoms with Crippen LogP contribution in [0.4, 0.5) is 0 Å². The molecule has 1 aromatic heterocycles. The average molecular weight is 364 g/mol. The molecule has 0 atom stereocenters. The predicted octanol–water partition coefficient (Wildman–Crippen LogP) is 4.18. The van der Waals surface area contributed by atoms with E-state index in [4.69, 9.17) is 13.9 Å². The van der Waals surface area contributed by atoms with Crippen LogP contribution < -0.4 is 10.4 Å². The molecular weight excluding hydrogens is 344 g/mol. The van der Waals surface area contributed by atoms with E-state index < -0.39 is 11.6 Å². The largest absolute Gasteiger partial charge is 0.497 e. The number of ether oxygens (including phenoxy) is 2. The van der Waals surface area contributed by atoms with Crippen LogP contribution >= 0.6 is 0 Å². The van der Waals surface area contributed by atoms with Crippen molar-refractivity contribution >= 4 is 23.0 Å². The monoisotopic (exact) mass is 364 g/mol. The smallest absolute Gasteiger partial charge is 0.336 e. The van der Waals surface area contributed by atoms with Crippen molar-refractivity contribution in [1.82, 2.24) is 0 Å². The number of carbonyl (C=O) groups is 1. The van der Waals surface area contributed by atoms with Gasteiger partial charge in [0.1, 0.15) is 17.9 Å². The van der Waals surface area contributed by atoms with Crippen LogP contribution in [0.5, 0.6) is 5.75 Å². The summed E-state index contributed by atoms with van der Waals surface area (Å²) in [6.45, 7) is 3.93. The summed E-state index contributed by atoms with van der Waals surface area (Å²) in [6, 6.07) is 12.4. The molecule has 138 valence electrons. The number of aryl methyl sites for hydroxylation is 2. The summed E-state index contributed by atoms with van der Waals surface area (Å²) in [7, 11) is 1.60. The molecule has 0 aliphatic heterocycles. The SMILES string of the molecule is COc1ccc(/C=C/C(=O)OCc2cc(=O)oc3cc(C)c(C)cc23)cc1. The van der Waals surface area contributed by atoms with Gasteiger partial charge in [-0.3, -0.25) is 0 Å². The van der Waals surface area contributed by atoms with Gasteiger partial charge in [0.25, 0.3) is 0 Å². The first-order valence-electron chi connectivity index (χ1n) is 8.49. The Balaban J connectivity index is 1.74. The number of fused-ring (bicyclic) bond motifs is 1. The van der Waals surface area contributed by atoms with Crippen LogP contribution in [0.3, 0.4) is 0 Å². The summed E-state index contributed by atoms with van der Waals surface area (Å²) in [5, 5.41) is 0.768. The van der Waals surface area contributed by atoms with Gasteiger partial charge in [-0.1, -0.05) is 12.1 Å². The molecule has 1 heterocycles. The fourth-order valence-corrected chi connectivity index (χ4v) is 2.68. The third-order valence-corrected chi connectivity index (χ3v) is 4.34. The first kappa shape index (κ1) is 18.5. The van der Waals surface area contributed by atoms with E-state index in [0.29, 0.717) is 11.1 Å². The lowest BCUT2D eigenvalue weighted by Crippen LogP contribution is -2.06. The molecule has 2 aromatic carbocycles. The Morgan fingerprint density at radius 3 is 2.48 bits per heavy atom. The lowest BCUT2D eigenvalue weighted by molar-refractivity contribution is -0.138. The van der Waals surface area contributed by atoms with Crippen molar-refractivity contribution in [3.8, 4) is 5.75 Å². The lowest BCUT2D eigenvalue weighted by Gasteiger charge is -2.08. The maximum absolute atomic E-state index is 12.0. The minimum Gasteiger partial charge on any atom is -0.497 e. The third kappa shape index (κ3) is 4.44. The minimum atomic E-state index is -0.490. The number of esters is 1. The Morgan fingerprint density at radius 1 is 1.07 bits per heavy atom. The topological polar surface area (TPSA) is 65.7 Å². The van der Waals surface area contributed by atoms with E-state index in [1.165, 1.54) is 12.1 Å². The van der Waals surface area contributed by atoms with Crippen molar-refractivity contribution in [2.75, 3.05) is 7.11 Å². The van der Waals surface area contributed by atoms with Gasteiger partial charge in [-0.05, 0) is 60.9 Å². The summed E-state index contributed by atoms with van der Waals surface area (Å²) in [5.41, 5.74) is 3.60. The highest BCUT2D eigenvalue weighted by Gasteiger charge is 2.09. The summed E-state index contributed by atoms with van der Waals surface area (Å²) in [4.78, 5) is 23.8. The van der Waals surface area contributed by atoms with E-state index in [1.54, 1.807) is 13.2 Å². The van der Waals surface area contributed by atoms with Gasteiger partial charge in [-0.25, -0.2) is 9.59 Å². The van der Waals surface area contributed by atoms with Gasteiger partial charge in [0.2, 0.25) is 0 Å². The Morgan fingerprint density at radius 2 is 1.78 bits per heavy atom. The quantitative estimate of drug-likeness (QED) is 0.386. The van der Waals surface area contributed by atoms with Gasteiger partial charge >= 0.3 is 11.6 Å². The number of rotatable bonds is 5. The van der Waals surface area contributed by atoms with E-state index in [1.807, 2.05) is 50.2 Å². The fourth-order valence-electron chi connectivity index (χ4n) is 2.68. The van der Waals surface area contributed by atoms with Crippen molar-refractivity contribution in [3.05, 3.63) is 81.2 Å². The van der Waals surface area contributed by atoms with E-state index in [9.17, 15) is 9.59 Å². The van der Waals surface area contributed by atoms with Crippen LogP contribution in [0.25, 0.3) is 17.0 Å². The second-order valence-electron chi connectivity index (χ2n) is 6.24. The molecule has 0 saturated carbocycles. The van der Waals surface area contributed by atoms with Crippen LogP contribution in [-0.4, -0.2) is 13.1 Å². The second kappa shape index (κ2) is 7.91. The molecule has 0 aliphatic carbocycles. The molecule has 0 saturated heterocycles. The predicted molar refractivity (Wildman–Crippen MR) is 104 cm³/mol. The molecule has 0 radical (unpaired) electrons. The van der Waals surface area contributed by atoms with Crippen LogP contribution in [0.1, 0.15) is 22.3 Å². The minimum absolute atomic E-state index is 0.00358. The molecule has 5 nitrogen and oxygen atoms in total. The normalized spacial score (nSPS) is 11.1. The van der Waals surface area contributed by atoms with Crippen molar-refractivity contribution in [2.24, 2.45) is 0 Å². The molecule has 0 amide bonds. The molecule has 0 unspecified atom stereocenters. The van der Waals surface area contributed by atoms with Crippen LogP contribution in [0.2, 0.25) is 0 Å². The standard InChI is InChI=1S/C22H20O5/c1-14-10-19-17(12-22(24)27-20(19)11-15(14)2)13-26-21(23)9-6-16-4-7-18(25-3)8-5-16/h4-12H,13H2,1-3H3/b9-6+. The Bertz CT molecular complexity index is 1060. The molecule has 3 aromatic rings. The van der Waals surface area contributed by atoms with Crippen molar-refractivity contribution in [2.45, 2.75) is 20.5 Å². The summed E-state index contributed by atoms with van der Waals surface area (Å²) in [5.74, 6) is 0.256. The van der Waals surface area contributed by atoms with Crippen LogP contribution in [-0.2, 0) is 16.1 Å². The van der Waals surface area contributed by atoms with Gasteiger partial charge < -0.3 is 13.9 Å². The Labute approximate surface area is 156 Å². The van der Waals surface area contributed by atoms with Crippen LogP contribution in [0, 0.1) is 13.8 Å². The van der Waals surface area contributed by atoms with Gasteiger partial charge in [0, 0.05) is 23.1 Å². The fraction of sp³-hybridized carbons (Fsp3) is 0.182. The number of benzene rings is 2. The molecule has 0 spiro atoms. The lowest BCUT2D eigenvalue weighted by atomic mass is 10.0. The molecule has 0 fully saturated rings. The zero-order valence-corrected chi connectivity index (χ0v) is 15.4. The number of methoxy groups -OCH3 is 1. The molecule has 0 bridgehead atoms. The first-order valence-corrected chi connectivity index (χ1v) is 8.49. The summed E-state index contributed by atoms with van der Waals surface area (Å²) in [6.07, 6.45) is 3.01. The van der Waals surface area contributed by atoms with Crippen molar-refractivity contribution < 1.29 is 18.7 Å². The molecular formula is C22H20O5. The summed E-state index contributed by atoms with van der Waals surface area (Å²) >= 11 is 0. The highest BCUT2D eigenvalue weighted by atomic mass is 16.5. The highest BCUT2D eigenvalue weighted by Crippen LogP contribution is 2.22. The zero-order chi connectivity index (χ0) is 19.4. The number of carbonyl (C=O) groups excluding carboxylic acids is 1. The Hall–Kier alpha value is -3.34. The van der Waals surface area contributed by atoms with Crippen LogP contribution in [0.15, 0.2) is 57.8 Å². The van der Waals surface area contributed by atoms with Gasteiger partial charge in [-0.15, -0.1) is 0 Å². The zero-order valence-electron chi connectivity index (χ0n) is 15.4. The van der Waals surface area contributed by atoms with E-state index >= 15 is 0 Å². The molecule has 27 heavy (non-hydrogen) atoms. The molecule has 0 aliphatic rings. The van der Waals surface area contributed by atoms with Gasteiger partial charge in [0.05, 0.1) is 7.11 Å². The maximum atomic E-state index is 12.0. The van der Waals surface area contributed by atoms with Crippen molar-refractivity contribution in [1.29, 1.82) is 0 Å². The molecule has 3 rings (SSSR count). The van der Waals surface area contributed by atoms with Gasteiger partial charge in [-0.2, -0.15) is 0 Å². The molecule has 5 heteroatoms. The van der Waals surface area contributed by atoms with E-state index in [-0.39, 0.29) is 6.61 Å². The summed E-state index contributed by atoms with van der Waals surface area (Å²) < 4.78 is 15.6. The van der Waals surface area contributed by atoms with Gasteiger partial charge in [0.15, 0.2) is 0 Å². The number of hydrogen-bond donors (Lipinski definition) is 0. The number of hydrogen-bond acceptors (Lipinski definition) is 5. The second-order valence-corrected chi connectivity index (χ2v) is 6.24. The van der Waals surface area contributed by atoms with Crippen molar-refractivity contribution in [3.63, 3.8) is 0 Å². The highest BCUT2D eigenvalue weighted by molar-refractivity contribution is 5.87. The van der Waals surface area contributed by atoms with E-state index in [2.05, 4.69) is 0 Å². The average Bonchev–Trinajstić information content (AvgIpc) is 2.66.